The van der Waals surface area contributed by atoms with E-state index in [2.05, 4.69) is 45.2 Å². The number of aromatic nitrogens is 2. The highest BCUT2D eigenvalue weighted by molar-refractivity contribution is 9.10. The molecular weight excluding hydrogens is 308 g/mol. The molecule has 0 aliphatic carbocycles. The molecule has 1 aromatic heterocycles. The van der Waals surface area contributed by atoms with E-state index in [9.17, 15) is 0 Å². The van der Waals surface area contributed by atoms with Gasteiger partial charge in [-0.05, 0) is 26.0 Å². The van der Waals surface area contributed by atoms with Crippen molar-refractivity contribution in [1.82, 2.24) is 10.2 Å². The molecule has 0 saturated carbocycles. The fourth-order valence-corrected chi connectivity index (χ4v) is 2.85. The number of aryl methyl sites for hydroxylation is 1. The zero-order valence-electron chi connectivity index (χ0n) is 8.87. The van der Waals surface area contributed by atoms with Gasteiger partial charge in [-0.15, -0.1) is 21.8 Å². The van der Waals surface area contributed by atoms with E-state index in [1.807, 2.05) is 13.0 Å². The molecule has 0 saturated heterocycles. The summed E-state index contributed by atoms with van der Waals surface area (Å²) in [6.07, 6.45) is 0. The smallest absolute Gasteiger partial charge is 0.142 e. The average Bonchev–Trinajstić information content (AvgIpc) is 2.70. The third-order valence-corrected chi connectivity index (χ3v) is 4.30. The van der Waals surface area contributed by atoms with Crippen LogP contribution in [0.25, 0.3) is 10.6 Å². The van der Waals surface area contributed by atoms with Crippen LogP contribution in [0.1, 0.15) is 22.9 Å². The van der Waals surface area contributed by atoms with Gasteiger partial charge in [-0.3, -0.25) is 0 Å². The first-order valence-electron chi connectivity index (χ1n) is 4.82. The molecule has 0 fully saturated rings. The van der Waals surface area contributed by atoms with Crippen LogP contribution in [0.3, 0.4) is 0 Å². The number of halogens is 2. The molecule has 1 atom stereocenters. The lowest BCUT2D eigenvalue weighted by atomic mass is 10.1. The Morgan fingerprint density at radius 1 is 1.38 bits per heavy atom. The molecule has 0 radical (unpaired) electrons. The predicted octanol–water partition coefficient (Wildman–Crippen LogP) is 4.58. The van der Waals surface area contributed by atoms with Gasteiger partial charge in [0.25, 0.3) is 0 Å². The highest BCUT2D eigenvalue weighted by atomic mass is 79.9. The summed E-state index contributed by atoms with van der Waals surface area (Å²) in [6, 6.07) is 6.17. The first kappa shape index (κ1) is 12.0. The van der Waals surface area contributed by atoms with Crippen LogP contribution >= 0.6 is 38.9 Å². The molecule has 2 nitrogen and oxygen atoms in total. The van der Waals surface area contributed by atoms with Gasteiger partial charge in [-0.2, -0.15) is 0 Å². The van der Waals surface area contributed by atoms with Gasteiger partial charge >= 0.3 is 0 Å². The Labute approximate surface area is 112 Å². The van der Waals surface area contributed by atoms with E-state index in [0.717, 1.165) is 20.1 Å². The van der Waals surface area contributed by atoms with Crippen LogP contribution in [-0.4, -0.2) is 10.2 Å². The molecule has 0 aliphatic rings. The Balaban J connectivity index is 2.46. The quantitative estimate of drug-likeness (QED) is 0.758. The lowest BCUT2D eigenvalue weighted by Gasteiger charge is -2.01. The first-order chi connectivity index (χ1) is 7.58. The third-order valence-electron chi connectivity index (χ3n) is 2.13. The van der Waals surface area contributed by atoms with Crippen molar-refractivity contribution in [2.45, 2.75) is 19.2 Å². The highest BCUT2D eigenvalue weighted by Crippen LogP contribution is 2.33. The van der Waals surface area contributed by atoms with E-state index in [1.165, 1.54) is 16.9 Å². The predicted molar refractivity (Wildman–Crippen MR) is 72.1 cm³/mol. The van der Waals surface area contributed by atoms with Crippen molar-refractivity contribution in [3.05, 3.63) is 33.2 Å². The van der Waals surface area contributed by atoms with Crippen molar-refractivity contribution in [3.63, 3.8) is 0 Å². The zero-order valence-corrected chi connectivity index (χ0v) is 12.0. The van der Waals surface area contributed by atoms with E-state index < -0.39 is 0 Å². The summed E-state index contributed by atoms with van der Waals surface area (Å²) in [7, 11) is 0. The molecule has 0 spiro atoms. The Bertz CT molecular complexity index is 510. The summed E-state index contributed by atoms with van der Waals surface area (Å²) in [5.74, 6) is 0. The summed E-state index contributed by atoms with van der Waals surface area (Å²) < 4.78 is 1.03. The molecule has 5 heteroatoms. The third kappa shape index (κ3) is 2.44. The molecule has 0 N–H and O–H groups in total. The second-order valence-electron chi connectivity index (χ2n) is 3.54. The minimum absolute atomic E-state index is 0.0881. The van der Waals surface area contributed by atoms with Gasteiger partial charge in [0.1, 0.15) is 10.0 Å². The van der Waals surface area contributed by atoms with Gasteiger partial charge in [-0.25, -0.2) is 0 Å². The number of nitrogens with zero attached hydrogens (tertiary/aromatic N) is 2. The maximum absolute atomic E-state index is 5.97. The molecule has 84 valence electrons. The number of alkyl halides is 1. The first-order valence-corrected chi connectivity index (χ1v) is 6.86. The average molecular weight is 318 g/mol. The van der Waals surface area contributed by atoms with Crippen molar-refractivity contribution in [2.24, 2.45) is 0 Å². The fourth-order valence-electron chi connectivity index (χ4n) is 1.31. The molecule has 1 unspecified atom stereocenters. The SMILES string of the molecule is Cc1ccc(Br)c(-c2nnc(C(C)Cl)s2)c1. The summed E-state index contributed by atoms with van der Waals surface area (Å²) in [5.41, 5.74) is 2.27. The van der Waals surface area contributed by atoms with Gasteiger partial charge in [0.2, 0.25) is 0 Å². The normalized spacial score (nSPS) is 12.8. The molecule has 0 bridgehead atoms. The molecule has 0 amide bonds. The van der Waals surface area contributed by atoms with E-state index in [1.54, 1.807) is 0 Å². The second kappa shape index (κ2) is 4.82. The summed E-state index contributed by atoms with van der Waals surface area (Å²) in [4.78, 5) is 0. The van der Waals surface area contributed by atoms with Crippen molar-refractivity contribution < 1.29 is 0 Å². The van der Waals surface area contributed by atoms with Crippen LogP contribution in [0.4, 0.5) is 0 Å². The fraction of sp³-hybridized carbons (Fsp3) is 0.273. The summed E-state index contributed by atoms with van der Waals surface area (Å²) >= 11 is 11.0. The Hall–Kier alpha value is -0.450. The lowest BCUT2D eigenvalue weighted by molar-refractivity contribution is 0.962. The van der Waals surface area contributed by atoms with Crippen LogP contribution in [0.15, 0.2) is 22.7 Å². The van der Waals surface area contributed by atoms with E-state index >= 15 is 0 Å². The molecule has 0 aliphatic heterocycles. The standard InChI is InChI=1S/C11H10BrClN2S/c1-6-3-4-9(12)8(5-6)11-15-14-10(16-11)7(2)13/h3-5,7H,1-2H3. The van der Waals surface area contributed by atoms with Crippen LogP contribution in [0.5, 0.6) is 0 Å². The number of benzene rings is 1. The van der Waals surface area contributed by atoms with Crippen molar-refractivity contribution >= 4 is 38.9 Å². The van der Waals surface area contributed by atoms with Crippen molar-refractivity contribution in [3.8, 4) is 10.6 Å². The van der Waals surface area contributed by atoms with Crippen LogP contribution < -0.4 is 0 Å². The van der Waals surface area contributed by atoms with Gasteiger partial charge in [0, 0.05) is 10.0 Å². The monoisotopic (exact) mass is 316 g/mol. The summed E-state index contributed by atoms with van der Waals surface area (Å²) in [6.45, 7) is 3.96. The van der Waals surface area contributed by atoms with E-state index in [0.29, 0.717) is 0 Å². The topological polar surface area (TPSA) is 25.8 Å². The summed E-state index contributed by atoms with van der Waals surface area (Å²) in [5, 5.41) is 9.91. The number of hydrogen-bond donors (Lipinski definition) is 0. The Kier molecular flexibility index (Phi) is 3.62. The van der Waals surface area contributed by atoms with Crippen LogP contribution in [-0.2, 0) is 0 Å². The molecular formula is C11H10BrClN2S. The van der Waals surface area contributed by atoms with Gasteiger partial charge in [-0.1, -0.05) is 38.9 Å². The number of rotatable bonds is 2. The van der Waals surface area contributed by atoms with E-state index in [4.69, 9.17) is 11.6 Å². The van der Waals surface area contributed by atoms with Crippen molar-refractivity contribution in [2.75, 3.05) is 0 Å². The minimum atomic E-state index is -0.0881. The molecule has 1 heterocycles. The Morgan fingerprint density at radius 3 is 2.75 bits per heavy atom. The number of hydrogen-bond acceptors (Lipinski definition) is 3. The highest BCUT2D eigenvalue weighted by Gasteiger charge is 2.12. The molecule has 2 aromatic rings. The minimum Gasteiger partial charge on any atom is -0.142 e. The van der Waals surface area contributed by atoms with Crippen LogP contribution in [0.2, 0.25) is 0 Å². The van der Waals surface area contributed by atoms with E-state index in [-0.39, 0.29) is 5.38 Å². The molecule has 1 aromatic carbocycles. The zero-order chi connectivity index (χ0) is 11.7. The van der Waals surface area contributed by atoms with Gasteiger partial charge in [0.05, 0.1) is 5.38 Å². The van der Waals surface area contributed by atoms with Crippen molar-refractivity contribution in [1.29, 1.82) is 0 Å². The Morgan fingerprint density at radius 2 is 2.12 bits per heavy atom. The maximum Gasteiger partial charge on any atom is 0.148 e. The van der Waals surface area contributed by atoms with Gasteiger partial charge in [0.15, 0.2) is 0 Å². The second-order valence-corrected chi connectivity index (χ2v) is 6.06. The maximum atomic E-state index is 5.97. The molecule has 16 heavy (non-hydrogen) atoms. The lowest BCUT2D eigenvalue weighted by Crippen LogP contribution is -1.82. The van der Waals surface area contributed by atoms with Gasteiger partial charge < -0.3 is 0 Å². The molecule has 2 rings (SSSR count). The largest absolute Gasteiger partial charge is 0.148 e. The van der Waals surface area contributed by atoms with Crippen LogP contribution in [0, 0.1) is 6.92 Å².